The number of nitrogens with one attached hydrogen (secondary N) is 1. The minimum absolute atomic E-state index is 0.0550. The minimum atomic E-state index is -0.298. The van der Waals surface area contributed by atoms with E-state index in [1.807, 2.05) is 30.3 Å². The molecule has 2 aromatic carbocycles. The fourth-order valence-corrected chi connectivity index (χ4v) is 3.17. The van der Waals surface area contributed by atoms with Crippen LogP contribution in [0.15, 0.2) is 54.2 Å². The van der Waals surface area contributed by atoms with Gasteiger partial charge in [0.25, 0.3) is 5.91 Å². The molecule has 2 aliphatic rings. The van der Waals surface area contributed by atoms with E-state index in [1.165, 1.54) is 6.20 Å². The van der Waals surface area contributed by atoms with Gasteiger partial charge in [0.15, 0.2) is 11.5 Å². The molecule has 0 bridgehead atoms. The lowest BCUT2D eigenvalue weighted by Gasteiger charge is -2.29. The van der Waals surface area contributed by atoms with Crippen molar-refractivity contribution in [2.45, 2.75) is 12.8 Å². The summed E-state index contributed by atoms with van der Waals surface area (Å²) in [5, 5.41) is 12.5. The van der Waals surface area contributed by atoms with Crippen LogP contribution in [-0.4, -0.2) is 19.2 Å². The number of carbonyl (C=O) groups excluding carboxylic acids is 1. The van der Waals surface area contributed by atoms with E-state index in [1.54, 1.807) is 23.1 Å². The highest BCUT2D eigenvalue weighted by Gasteiger charge is 2.24. The van der Waals surface area contributed by atoms with Crippen molar-refractivity contribution in [2.24, 2.45) is 0 Å². The van der Waals surface area contributed by atoms with E-state index in [9.17, 15) is 10.1 Å². The standard InChI is InChI=1S/C20H17N3O3/c21-11-15(12-22-16-7-8-18-19(10-16)26-13-25-18)20(24)23-9-3-5-14-4-1-2-6-17(14)23/h1-2,4,6-8,10,12,22H,3,5,9,13H2/b15-12-. The summed E-state index contributed by atoms with van der Waals surface area (Å²) >= 11 is 0. The van der Waals surface area contributed by atoms with Crippen molar-refractivity contribution in [2.75, 3.05) is 23.6 Å². The molecular weight excluding hydrogens is 330 g/mol. The van der Waals surface area contributed by atoms with Crippen LogP contribution in [0.2, 0.25) is 0 Å². The first-order valence-electron chi connectivity index (χ1n) is 8.42. The zero-order chi connectivity index (χ0) is 17.9. The number of anilines is 2. The van der Waals surface area contributed by atoms with Crippen molar-refractivity contribution in [3.63, 3.8) is 0 Å². The van der Waals surface area contributed by atoms with Crippen LogP contribution in [0.3, 0.4) is 0 Å². The summed E-state index contributed by atoms with van der Waals surface area (Å²) in [5.41, 5.74) is 2.79. The van der Waals surface area contributed by atoms with Gasteiger partial charge >= 0.3 is 0 Å². The lowest BCUT2D eigenvalue weighted by atomic mass is 10.0. The van der Waals surface area contributed by atoms with Gasteiger partial charge in [-0.15, -0.1) is 0 Å². The molecule has 0 spiro atoms. The monoisotopic (exact) mass is 347 g/mol. The van der Waals surface area contributed by atoms with Crippen molar-refractivity contribution in [3.05, 3.63) is 59.8 Å². The first kappa shape index (κ1) is 16.0. The molecule has 0 unspecified atom stereocenters. The van der Waals surface area contributed by atoms with Gasteiger partial charge in [0, 0.05) is 30.2 Å². The van der Waals surface area contributed by atoms with Crippen molar-refractivity contribution < 1.29 is 14.3 Å². The third-order valence-corrected chi connectivity index (χ3v) is 4.46. The SMILES string of the molecule is N#C/C(=C/Nc1ccc2c(c1)OCO2)C(=O)N1CCCc2ccccc21. The molecule has 0 atom stereocenters. The molecule has 0 saturated carbocycles. The van der Waals surface area contributed by atoms with E-state index in [-0.39, 0.29) is 18.3 Å². The summed E-state index contributed by atoms with van der Waals surface area (Å²) in [4.78, 5) is 14.5. The highest BCUT2D eigenvalue weighted by molar-refractivity contribution is 6.09. The summed E-state index contributed by atoms with van der Waals surface area (Å²) in [7, 11) is 0. The summed E-state index contributed by atoms with van der Waals surface area (Å²) in [6.45, 7) is 0.809. The Hall–Kier alpha value is -3.46. The molecule has 0 aliphatic carbocycles. The normalized spacial score (nSPS) is 15.2. The smallest absolute Gasteiger partial charge is 0.270 e. The molecule has 130 valence electrons. The van der Waals surface area contributed by atoms with Gasteiger partial charge in [-0.05, 0) is 36.6 Å². The van der Waals surface area contributed by atoms with E-state index in [0.29, 0.717) is 23.7 Å². The maximum absolute atomic E-state index is 12.9. The second-order valence-electron chi connectivity index (χ2n) is 6.07. The lowest BCUT2D eigenvalue weighted by molar-refractivity contribution is -0.114. The van der Waals surface area contributed by atoms with Gasteiger partial charge in [-0.3, -0.25) is 4.79 Å². The van der Waals surface area contributed by atoms with E-state index < -0.39 is 0 Å². The van der Waals surface area contributed by atoms with Crippen LogP contribution in [0.4, 0.5) is 11.4 Å². The fraction of sp³-hybridized carbons (Fsp3) is 0.200. The number of amides is 1. The fourth-order valence-electron chi connectivity index (χ4n) is 3.17. The lowest BCUT2D eigenvalue weighted by Crippen LogP contribution is -2.36. The van der Waals surface area contributed by atoms with Gasteiger partial charge in [-0.25, -0.2) is 0 Å². The average Bonchev–Trinajstić information content (AvgIpc) is 3.15. The van der Waals surface area contributed by atoms with Gasteiger partial charge < -0.3 is 19.7 Å². The van der Waals surface area contributed by atoms with Crippen LogP contribution in [0.25, 0.3) is 0 Å². The molecule has 1 amide bonds. The predicted octanol–water partition coefficient (Wildman–Crippen LogP) is 3.21. The molecule has 0 fully saturated rings. The summed E-state index contributed by atoms with van der Waals surface area (Å²) in [6, 6.07) is 15.2. The Kier molecular flexibility index (Phi) is 4.20. The number of rotatable bonds is 3. The third kappa shape index (κ3) is 2.95. The largest absolute Gasteiger partial charge is 0.454 e. The molecular formula is C20H17N3O3. The van der Waals surface area contributed by atoms with E-state index in [2.05, 4.69) is 5.32 Å². The molecule has 0 radical (unpaired) electrons. The van der Waals surface area contributed by atoms with Gasteiger partial charge in [0.05, 0.1) is 0 Å². The summed E-state index contributed by atoms with van der Waals surface area (Å²) < 4.78 is 10.6. The Morgan fingerprint density at radius 1 is 1.19 bits per heavy atom. The Morgan fingerprint density at radius 3 is 2.92 bits per heavy atom. The number of fused-ring (bicyclic) bond motifs is 2. The molecule has 2 heterocycles. The van der Waals surface area contributed by atoms with Crippen LogP contribution < -0.4 is 19.7 Å². The number of hydrogen-bond acceptors (Lipinski definition) is 5. The van der Waals surface area contributed by atoms with Crippen LogP contribution in [0.1, 0.15) is 12.0 Å². The maximum atomic E-state index is 12.9. The minimum Gasteiger partial charge on any atom is -0.454 e. The second-order valence-corrected chi connectivity index (χ2v) is 6.07. The first-order valence-corrected chi connectivity index (χ1v) is 8.42. The second kappa shape index (κ2) is 6.81. The van der Waals surface area contributed by atoms with Gasteiger partial charge in [0.2, 0.25) is 6.79 Å². The highest BCUT2D eigenvalue weighted by atomic mass is 16.7. The van der Waals surface area contributed by atoms with Gasteiger partial charge in [-0.1, -0.05) is 18.2 Å². The molecule has 0 aromatic heterocycles. The molecule has 0 saturated heterocycles. The number of nitrogens with zero attached hydrogens (tertiary/aromatic N) is 2. The van der Waals surface area contributed by atoms with Crippen molar-refractivity contribution in [1.82, 2.24) is 0 Å². The number of carbonyl (C=O) groups is 1. The molecule has 6 nitrogen and oxygen atoms in total. The van der Waals surface area contributed by atoms with E-state index in [0.717, 1.165) is 24.1 Å². The number of aryl methyl sites for hydroxylation is 1. The number of benzene rings is 2. The highest BCUT2D eigenvalue weighted by Crippen LogP contribution is 2.34. The number of ether oxygens (including phenoxy) is 2. The van der Waals surface area contributed by atoms with E-state index >= 15 is 0 Å². The number of para-hydroxylation sites is 1. The molecule has 1 N–H and O–H groups in total. The summed E-state index contributed by atoms with van der Waals surface area (Å²) in [6.07, 6.45) is 3.27. The van der Waals surface area contributed by atoms with Crippen molar-refractivity contribution in [3.8, 4) is 17.6 Å². The van der Waals surface area contributed by atoms with E-state index in [4.69, 9.17) is 9.47 Å². The zero-order valence-electron chi connectivity index (χ0n) is 14.1. The number of nitriles is 1. The van der Waals surface area contributed by atoms with Crippen molar-refractivity contribution in [1.29, 1.82) is 5.26 Å². The first-order chi connectivity index (χ1) is 12.8. The van der Waals surface area contributed by atoms with Gasteiger partial charge in [0.1, 0.15) is 11.6 Å². The molecule has 2 aliphatic heterocycles. The molecule has 2 aromatic rings. The molecule has 4 rings (SSSR count). The Labute approximate surface area is 151 Å². The predicted molar refractivity (Wildman–Crippen MR) is 97.0 cm³/mol. The summed E-state index contributed by atoms with van der Waals surface area (Å²) in [5.74, 6) is 1.02. The van der Waals surface area contributed by atoms with Crippen LogP contribution in [0, 0.1) is 11.3 Å². The van der Waals surface area contributed by atoms with Crippen LogP contribution in [0.5, 0.6) is 11.5 Å². The molecule has 26 heavy (non-hydrogen) atoms. The van der Waals surface area contributed by atoms with Crippen LogP contribution in [-0.2, 0) is 11.2 Å². The van der Waals surface area contributed by atoms with Crippen molar-refractivity contribution >= 4 is 17.3 Å². The van der Waals surface area contributed by atoms with Gasteiger partial charge in [-0.2, -0.15) is 5.26 Å². The Balaban J connectivity index is 1.55. The molecule has 6 heteroatoms. The average molecular weight is 347 g/mol. The Morgan fingerprint density at radius 2 is 2.04 bits per heavy atom. The Bertz CT molecular complexity index is 930. The third-order valence-electron chi connectivity index (χ3n) is 4.46. The maximum Gasteiger partial charge on any atom is 0.270 e. The quantitative estimate of drug-likeness (QED) is 0.682. The number of hydrogen-bond donors (Lipinski definition) is 1. The topological polar surface area (TPSA) is 74.6 Å². The van der Waals surface area contributed by atoms with Crippen LogP contribution >= 0.6 is 0 Å². The zero-order valence-corrected chi connectivity index (χ0v) is 14.1.